The van der Waals surface area contributed by atoms with Crippen LogP contribution in [0.25, 0.3) is 0 Å². The molecule has 0 spiro atoms. The Labute approximate surface area is 94.4 Å². The third kappa shape index (κ3) is 2.92. The predicted molar refractivity (Wildman–Crippen MR) is 58.2 cm³/mol. The minimum atomic E-state index is -0.492. The number of hydrogen-bond acceptors (Lipinski definition) is 4. The Balaban J connectivity index is 2.76. The zero-order chi connectivity index (χ0) is 12.1. The van der Waals surface area contributed by atoms with Gasteiger partial charge < -0.3 is 4.74 Å². The molecule has 16 heavy (non-hydrogen) atoms. The molecular weight excluding hydrogens is 208 g/mol. The third-order valence-electron chi connectivity index (χ3n) is 2.10. The quantitative estimate of drug-likeness (QED) is 0.430. The first-order valence-corrected chi connectivity index (χ1v) is 5.31. The summed E-state index contributed by atoms with van der Waals surface area (Å²) in [6.07, 6.45) is -0.223. The molecule has 1 heterocycles. The zero-order valence-corrected chi connectivity index (χ0v) is 9.82. The molecule has 0 atom stereocenters. The lowest BCUT2D eigenvalue weighted by Crippen LogP contribution is -2.15. The number of carbonyl (C=O) groups excluding carboxylic acids is 2. The Morgan fingerprint density at radius 3 is 2.69 bits per heavy atom. The normalized spacial score (nSPS) is 10.2. The predicted octanol–water partition coefficient (Wildman–Crippen LogP) is 1.35. The summed E-state index contributed by atoms with van der Waals surface area (Å²) in [5, 5.41) is 4.15. The lowest BCUT2D eigenvalue weighted by molar-refractivity contribution is -0.141. The molecule has 0 bridgehead atoms. The van der Waals surface area contributed by atoms with E-state index in [1.807, 2.05) is 13.8 Å². The molecule has 88 valence electrons. The maximum atomic E-state index is 11.8. The van der Waals surface area contributed by atoms with Crippen molar-refractivity contribution in [1.29, 1.82) is 0 Å². The highest BCUT2D eigenvalue weighted by Gasteiger charge is 2.17. The van der Waals surface area contributed by atoms with Gasteiger partial charge in [-0.05, 0) is 26.8 Å². The summed E-state index contributed by atoms with van der Waals surface area (Å²) >= 11 is 0. The lowest BCUT2D eigenvalue weighted by Gasteiger charge is -2.03. The minimum Gasteiger partial charge on any atom is -0.466 e. The smallest absolute Gasteiger partial charge is 0.313 e. The van der Waals surface area contributed by atoms with E-state index in [0.717, 1.165) is 5.69 Å². The average molecular weight is 224 g/mol. The van der Waals surface area contributed by atoms with Crippen LogP contribution in [0.5, 0.6) is 0 Å². The maximum Gasteiger partial charge on any atom is 0.313 e. The SMILES string of the molecule is CCOC(=O)CC(=O)c1cc(C)nn1CC. The van der Waals surface area contributed by atoms with Gasteiger partial charge in [0.2, 0.25) is 0 Å². The van der Waals surface area contributed by atoms with Crippen LogP contribution >= 0.6 is 0 Å². The van der Waals surface area contributed by atoms with Crippen LogP contribution in [-0.2, 0) is 16.1 Å². The Morgan fingerprint density at radius 1 is 1.44 bits per heavy atom. The molecule has 0 aliphatic rings. The first kappa shape index (κ1) is 12.4. The van der Waals surface area contributed by atoms with E-state index < -0.39 is 5.97 Å². The fraction of sp³-hybridized carbons (Fsp3) is 0.545. The van der Waals surface area contributed by atoms with Gasteiger partial charge in [-0.15, -0.1) is 0 Å². The molecule has 1 aromatic heterocycles. The monoisotopic (exact) mass is 224 g/mol. The van der Waals surface area contributed by atoms with Gasteiger partial charge in [0, 0.05) is 6.54 Å². The van der Waals surface area contributed by atoms with Crippen LogP contribution in [0, 0.1) is 6.92 Å². The number of carbonyl (C=O) groups is 2. The number of rotatable bonds is 5. The standard InChI is InChI=1S/C11H16N2O3/c1-4-13-9(6-8(3)12-13)10(14)7-11(15)16-5-2/h6H,4-5,7H2,1-3H3. The highest BCUT2D eigenvalue weighted by Crippen LogP contribution is 2.07. The van der Waals surface area contributed by atoms with E-state index in [4.69, 9.17) is 4.74 Å². The summed E-state index contributed by atoms with van der Waals surface area (Å²) in [5.41, 5.74) is 1.24. The number of nitrogens with zero attached hydrogens (tertiary/aromatic N) is 2. The molecular formula is C11H16N2O3. The first-order chi connectivity index (χ1) is 7.58. The van der Waals surface area contributed by atoms with E-state index in [2.05, 4.69) is 5.10 Å². The Kier molecular flexibility index (Phi) is 4.22. The van der Waals surface area contributed by atoms with Crippen molar-refractivity contribution in [2.45, 2.75) is 33.7 Å². The number of aryl methyl sites for hydroxylation is 2. The highest BCUT2D eigenvalue weighted by atomic mass is 16.5. The van der Waals surface area contributed by atoms with Gasteiger partial charge in [0.25, 0.3) is 0 Å². The number of aromatic nitrogens is 2. The van der Waals surface area contributed by atoms with Gasteiger partial charge in [-0.25, -0.2) is 0 Å². The number of ketones is 1. The molecule has 0 N–H and O–H groups in total. The molecule has 0 aromatic carbocycles. The summed E-state index contributed by atoms with van der Waals surface area (Å²) < 4.78 is 6.32. The van der Waals surface area contributed by atoms with E-state index in [1.54, 1.807) is 17.7 Å². The number of ether oxygens (including phenoxy) is 1. The van der Waals surface area contributed by atoms with Crippen LogP contribution in [0.4, 0.5) is 0 Å². The second-order valence-electron chi connectivity index (χ2n) is 3.39. The van der Waals surface area contributed by atoms with Crippen LogP contribution in [0.3, 0.4) is 0 Å². The first-order valence-electron chi connectivity index (χ1n) is 5.31. The molecule has 0 radical (unpaired) electrons. The molecule has 5 nitrogen and oxygen atoms in total. The molecule has 0 saturated carbocycles. The van der Waals surface area contributed by atoms with Crippen LogP contribution in [0.1, 0.15) is 36.5 Å². The molecule has 0 fully saturated rings. The van der Waals surface area contributed by atoms with Crippen molar-refractivity contribution in [3.63, 3.8) is 0 Å². The summed E-state index contributed by atoms with van der Waals surface area (Å²) in [6.45, 7) is 6.32. The molecule has 0 saturated heterocycles. The van der Waals surface area contributed by atoms with Crippen LogP contribution in [0.2, 0.25) is 0 Å². The van der Waals surface area contributed by atoms with Gasteiger partial charge in [0.05, 0.1) is 12.3 Å². The van der Waals surface area contributed by atoms with Crippen molar-refractivity contribution in [2.24, 2.45) is 0 Å². The van der Waals surface area contributed by atoms with Gasteiger partial charge in [-0.3, -0.25) is 14.3 Å². The summed E-state index contributed by atoms with van der Waals surface area (Å²) in [5.74, 6) is -0.741. The maximum absolute atomic E-state index is 11.8. The number of esters is 1. The van der Waals surface area contributed by atoms with E-state index in [0.29, 0.717) is 12.2 Å². The molecule has 0 unspecified atom stereocenters. The Hall–Kier alpha value is -1.65. The minimum absolute atomic E-state index is 0.223. The van der Waals surface area contributed by atoms with Crippen molar-refractivity contribution in [3.05, 3.63) is 17.5 Å². The third-order valence-corrected chi connectivity index (χ3v) is 2.10. The molecule has 1 rings (SSSR count). The molecule has 1 aromatic rings. The molecule has 0 amide bonds. The average Bonchev–Trinajstić information content (AvgIpc) is 2.59. The zero-order valence-electron chi connectivity index (χ0n) is 9.82. The van der Waals surface area contributed by atoms with Crippen molar-refractivity contribution >= 4 is 11.8 Å². The van der Waals surface area contributed by atoms with Crippen molar-refractivity contribution in [1.82, 2.24) is 9.78 Å². The fourth-order valence-electron chi connectivity index (χ4n) is 1.44. The topological polar surface area (TPSA) is 61.2 Å². The number of hydrogen-bond donors (Lipinski definition) is 0. The lowest BCUT2D eigenvalue weighted by atomic mass is 10.2. The largest absolute Gasteiger partial charge is 0.466 e. The van der Waals surface area contributed by atoms with Crippen LogP contribution < -0.4 is 0 Å². The van der Waals surface area contributed by atoms with Gasteiger partial charge in [-0.1, -0.05) is 0 Å². The van der Waals surface area contributed by atoms with Crippen molar-refractivity contribution in [3.8, 4) is 0 Å². The van der Waals surface area contributed by atoms with Gasteiger partial charge in [0.15, 0.2) is 5.78 Å². The van der Waals surface area contributed by atoms with Crippen molar-refractivity contribution in [2.75, 3.05) is 6.61 Å². The second kappa shape index (κ2) is 5.44. The van der Waals surface area contributed by atoms with Gasteiger partial charge >= 0.3 is 5.97 Å². The van der Waals surface area contributed by atoms with Crippen LogP contribution in [-0.4, -0.2) is 28.1 Å². The van der Waals surface area contributed by atoms with Gasteiger partial charge in [0.1, 0.15) is 12.1 Å². The molecule has 0 aliphatic carbocycles. The fourth-order valence-corrected chi connectivity index (χ4v) is 1.44. The molecule has 5 heteroatoms. The summed E-state index contributed by atoms with van der Waals surface area (Å²) in [7, 11) is 0. The Morgan fingerprint density at radius 2 is 2.12 bits per heavy atom. The van der Waals surface area contributed by atoms with Crippen LogP contribution in [0.15, 0.2) is 6.07 Å². The highest BCUT2D eigenvalue weighted by molar-refractivity contribution is 6.05. The summed E-state index contributed by atoms with van der Waals surface area (Å²) in [6, 6.07) is 1.69. The Bertz CT molecular complexity index is 396. The van der Waals surface area contributed by atoms with Crippen molar-refractivity contribution < 1.29 is 14.3 Å². The number of Topliss-reactive ketones (excluding diaryl/α,β-unsaturated/α-hetero) is 1. The van der Waals surface area contributed by atoms with E-state index in [1.165, 1.54) is 0 Å². The van der Waals surface area contributed by atoms with E-state index >= 15 is 0 Å². The van der Waals surface area contributed by atoms with Gasteiger partial charge in [-0.2, -0.15) is 5.10 Å². The van der Waals surface area contributed by atoms with E-state index in [-0.39, 0.29) is 18.8 Å². The van der Waals surface area contributed by atoms with E-state index in [9.17, 15) is 9.59 Å². The second-order valence-corrected chi connectivity index (χ2v) is 3.39. The summed E-state index contributed by atoms with van der Waals surface area (Å²) in [4.78, 5) is 22.9. The molecule has 0 aliphatic heterocycles.